The van der Waals surface area contributed by atoms with E-state index in [-0.39, 0.29) is 5.70 Å². The van der Waals surface area contributed by atoms with Crippen molar-refractivity contribution >= 4 is 29.5 Å². The van der Waals surface area contributed by atoms with Crippen molar-refractivity contribution in [2.75, 3.05) is 6.61 Å². The smallest absolute Gasteiger partial charge is 0.383 e. The molecule has 0 aromatic carbocycles. The minimum atomic E-state index is -5.93. The van der Waals surface area contributed by atoms with Crippen LogP contribution in [0.15, 0.2) is 24.6 Å². The fourth-order valence-corrected chi connectivity index (χ4v) is 5.48. The van der Waals surface area contributed by atoms with Gasteiger partial charge in [0.25, 0.3) is 5.85 Å². The lowest BCUT2D eigenvalue weighted by molar-refractivity contribution is -0.205. The summed E-state index contributed by atoms with van der Waals surface area (Å²) in [5.74, 6) is -2.32. The maximum atomic E-state index is 15.2. The van der Waals surface area contributed by atoms with Crippen LogP contribution in [0.3, 0.4) is 0 Å². The summed E-state index contributed by atoms with van der Waals surface area (Å²) in [5, 5.41) is 12.2. The van der Waals surface area contributed by atoms with Gasteiger partial charge in [0.15, 0.2) is 12.3 Å². The van der Waals surface area contributed by atoms with Gasteiger partial charge >= 0.3 is 29.5 Å². The zero-order valence-electron chi connectivity index (χ0n) is 15.3. The van der Waals surface area contributed by atoms with Crippen LogP contribution in [-0.2, 0) is 31.6 Å². The third kappa shape index (κ3) is 5.89. The van der Waals surface area contributed by atoms with Crippen LogP contribution in [-0.4, -0.2) is 66.1 Å². The van der Waals surface area contributed by atoms with E-state index in [0.29, 0.717) is 4.90 Å². The lowest BCUT2D eigenvalue weighted by Crippen LogP contribution is -2.54. The van der Waals surface area contributed by atoms with E-state index >= 15 is 8.78 Å². The zero-order valence-corrected chi connectivity index (χ0v) is 18.0. The number of allylic oxidation sites excluding steroid dienone is 1. The van der Waals surface area contributed by atoms with E-state index in [2.05, 4.69) is 29.8 Å². The summed E-state index contributed by atoms with van der Waals surface area (Å²) in [6.07, 6.45) is 1.76. The number of nitrogens with zero attached hydrogens (tertiary/aromatic N) is 1. The first-order valence-electron chi connectivity index (χ1n) is 7.80. The van der Waals surface area contributed by atoms with E-state index in [1.807, 2.05) is 0 Å². The molecule has 15 nitrogen and oxygen atoms in total. The van der Waals surface area contributed by atoms with Crippen LogP contribution < -0.4 is 5.32 Å². The topological polar surface area (TPSA) is 222 Å². The Hall–Kier alpha value is -1.50. The summed E-state index contributed by atoms with van der Waals surface area (Å²) in [7, 11) is -17.5. The Balaban J connectivity index is 2.22. The maximum absolute atomic E-state index is 15.2. The molecule has 0 aromatic rings. The average molecular weight is 526 g/mol. The Morgan fingerprint density at radius 3 is 2.34 bits per heavy atom. The van der Waals surface area contributed by atoms with Crippen molar-refractivity contribution in [3.8, 4) is 12.3 Å². The Morgan fingerprint density at radius 1 is 1.25 bits per heavy atom. The van der Waals surface area contributed by atoms with E-state index in [1.54, 1.807) is 0 Å². The van der Waals surface area contributed by atoms with Crippen LogP contribution in [0.5, 0.6) is 0 Å². The number of aliphatic hydroxyl groups excluding tert-OH is 1. The fourth-order valence-electron chi connectivity index (χ4n) is 2.45. The van der Waals surface area contributed by atoms with Gasteiger partial charge in [0, 0.05) is 11.9 Å². The lowest BCUT2D eigenvalue weighted by Gasteiger charge is -2.32. The molecule has 0 aliphatic carbocycles. The molecule has 2 amide bonds. The number of carbonyl (C=O) groups is 1. The third-order valence-electron chi connectivity index (χ3n) is 3.73. The summed E-state index contributed by atoms with van der Waals surface area (Å²) in [6, 6.07) is -1.09. The molecule has 32 heavy (non-hydrogen) atoms. The van der Waals surface area contributed by atoms with E-state index < -0.39 is 60.0 Å². The third-order valence-corrected chi connectivity index (χ3v) is 7.51. The number of terminal acetylenes is 1. The highest BCUT2D eigenvalue weighted by Crippen LogP contribution is 2.66. The quantitative estimate of drug-likeness (QED) is 0.183. The van der Waals surface area contributed by atoms with E-state index in [0.717, 1.165) is 12.3 Å². The second-order valence-corrected chi connectivity index (χ2v) is 10.5. The molecule has 0 bridgehead atoms. The van der Waals surface area contributed by atoms with Crippen LogP contribution in [0.1, 0.15) is 0 Å². The minimum absolute atomic E-state index is 0.0640. The summed E-state index contributed by atoms with van der Waals surface area (Å²) < 4.78 is 79.4. The standard InChI is InChI=1S/C12H15F2N2O13P3/c1-3-11(13)8(17)12(14,27-9(11)16-5-4-7(2)15-10(16)18)6-26-31(22,23)29-32(24,25)28-30(19,20)21/h1,4-5,8-9,17H,2,6H2,(H,15,18)(H,22,23)(H,24,25)(H2,19,20,21)/t8?,9-,11-,12-/m1/s1. The molecule has 0 aromatic heterocycles. The van der Waals surface area contributed by atoms with E-state index in [4.69, 9.17) is 21.1 Å². The van der Waals surface area contributed by atoms with Crippen molar-refractivity contribution in [1.29, 1.82) is 0 Å². The normalized spacial score (nSPS) is 34.5. The van der Waals surface area contributed by atoms with Gasteiger partial charge in [0.05, 0.1) is 0 Å². The number of phosphoric acid groups is 3. The first-order chi connectivity index (χ1) is 14.3. The number of phosphoric ester groups is 1. The van der Waals surface area contributed by atoms with Crippen molar-refractivity contribution in [3.63, 3.8) is 0 Å². The predicted molar refractivity (Wildman–Crippen MR) is 95.9 cm³/mol. The number of nitrogens with one attached hydrogen (secondary N) is 1. The van der Waals surface area contributed by atoms with Crippen molar-refractivity contribution in [3.05, 3.63) is 24.6 Å². The SMILES string of the molecule is C#C[C@@]1(F)C(O)[C@@](F)(COP(=O)(O)OP(=O)(O)OP(=O)(O)O)O[C@H]1N1C=CC(=C)NC1=O. The number of hydrogen-bond donors (Lipinski definition) is 6. The average Bonchev–Trinajstić information content (AvgIpc) is 2.80. The number of rotatable bonds is 8. The van der Waals surface area contributed by atoms with Crippen molar-refractivity contribution in [1.82, 2.24) is 10.2 Å². The molecular weight excluding hydrogens is 511 g/mol. The number of amides is 2. The van der Waals surface area contributed by atoms with Crippen molar-refractivity contribution < 1.29 is 69.8 Å². The van der Waals surface area contributed by atoms with Gasteiger partial charge < -0.3 is 34.7 Å². The fraction of sp³-hybridized carbons (Fsp3) is 0.417. The molecule has 2 aliphatic rings. The van der Waals surface area contributed by atoms with Crippen LogP contribution in [0.2, 0.25) is 0 Å². The molecule has 2 heterocycles. The summed E-state index contributed by atoms with van der Waals surface area (Å²) >= 11 is 0. The molecule has 0 radical (unpaired) electrons. The van der Waals surface area contributed by atoms with Crippen LogP contribution >= 0.6 is 23.5 Å². The molecular formula is C12H15F2N2O13P3. The Morgan fingerprint density at radius 2 is 1.84 bits per heavy atom. The number of ether oxygens (including phenoxy) is 1. The molecule has 20 heteroatoms. The molecule has 3 unspecified atom stereocenters. The van der Waals surface area contributed by atoms with E-state index in [1.165, 1.54) is 5.92 Å². The molecule has 1 fully saturated rings. The molecule has 0 saturated carbocycles. The van der Waals surface area contributed by atoms with Gasteiger partial charge in [-0.2, -0.15) is 8.62 Å². The molecule has 2 rings (SSSR count). The number of alkyl halides is 2. The largest absolute Gasteiger partial charge is 0.490 e. The van der Waals surface area contributed by atoms with Gasteiger partial charge in [-0.25, -0.2) is 27.3 Å². The van der Waals surface area contributed by atoms with Gasteiger partial charge in [0.2, 0.25) is 5.67 Å². The summed E-state index contributed by atoms with van der Waals surface area (Å²) in [6.45, 7) is 1.51. The zero-order chi connectivity index (χ0) is 24.8. The molecule has 6 atom stereocenters. The Labute approximate surface area is 177 Å². The molecule has 2 aliphatic heterocycles. The van der Waals surface area contributed by atoms with E-state index in [9.17, 15) is 28.5 Å². The first-order valence-corrected chi connectivity index (χ1v) is 12.3. The van der Waals surface area contributed by atoms with Crippen LogP contribution in [0, 0.1) is 12.3 Å². The second kappa shape index (κ2) is 8.69. The minimum Gasteiger partial charge on any atom is -0.383 e. The van der Waals surface area contributed by atoms with Crippen LogP contribution in [0.4, 0.5) is 13.6 Å². The van der Waals surface area contributed by atoms with Crippen molar-refractivity contribution in [2.24, 2.45) is 0 Å². The molecule has 180 valence electrons. The summed E-state index contributed by atoms with van der Waals surface area (Å²) in [4.78, 5) is 47.8. The number of carbonyl (C=O) groups excluding carboxylic acids is 1. The molecule has 1 saturated heterocycles. The van der Waals surface area contributed by atoms with Crippen molar-refractivity contribution in [2.45, 2.75) is 23.9 Å². The maximum Gasteiger partial charge on any atom is 0.490 e. The van der Waals surface area contributed by atoms with Gasteiger partial charge in [-0.1, -0.05) is 12.5 Å². The number of hydrogen-bond acceptors (Lipinski definition) is 9. The molecule has 6 N–H and O–H groups in total. The number of urea groups is 1. The lowest BCUT2D eigenvalue weighted by atomic mass is 9.95. The van der Waals surface area contributed by atoms with Gasteiger partial charge in [0.1, 0.15) is 6.61 Å². The predicted octanol–water partition coefficient (Wildman–Crippen LogP) is 0.107. The first kappa shape index (κ1) is 26.7. The van der Waals surface area contributed by atoms with Gasteiger partial charge in [-0.05, 0) is 6.08 Å². The monoisotopic (exact) mass is 526 g/mol. The van der Waals surface area contributed by atoms with Gasteiger partial charge in [-0.15, -0.1) is 6.42 Å². The number of aliphatic hydroxyl groups is 1. The highest BCUT2D eigenvalue weighted by molar-refractivity contribution is 7.66. The second-order valence-electron chi connectivity index (χ2n) is 6.11. The molecule has 0 spiro atoms. The highest BCUT2D eigenvalue weighted by atomic mass is 31.3. The highest BCUT2D eigenvalue weighted by Gasteiger charge is 2.68. The number of halogens is 2. The Bertz CT molecular complexity index is 1030. The van der Waals surface area contributed by atoms with Gasteiger partial charge in [-0.3, -0.25) is 9.42 Å². The Kier molecular flexibility index (Phi) is 7.27. The van der Waals surface area contributed by atoms with Crippen LogP contribution in [0.25, 0.3) is 0 Å². The summed E-state index contributed by atoms with van der Waals surface area (Å²) in [5.41, 5.74) is -3.37.